The quantitative estimate of drug-likeness (QED) is 0.640. The van der Waals surface area contributed by atoms with Crippen molar-refractivity contribution in [2.24, 2.45) is 17.7 Å². The highest BCUT2D eigenvalue weighted by Crippen LogP contribution is 2.40. The average molecular weight is 280 g/mol. The standard InChI is InChI=1S/C16H25FN2O/c1-3-11-6-4-5-7-13(11)16(19-18)12-8-9-14(17)15(10-12)20-2/h8-11,13,16,19H,3-7,18H2,1-2H3. The summed E-state index contributed by atoms with van der Waals surface area (Å²) >= 11 is 0. The fourth-order valence-electron chi connectivity index (χ4n) is 3.52. The molecule has 3 atom stereocenters. The first-order chi connectivity index (χ1) is 9.71. The number of halogens is 1. The Kier molecular flexibility index (Phi) is 5.38. The fraction of sp³-hybridized carbons (Fsp3) is 0.625. The van der Waals surface area contributed by atoms with E-state index >= 15 is 0 Å². The summed E-state index contributed by atoms with van der Waals surface area (Å²) in [6.45, 7) is 2.24. The minimum atomic E-state index is -0.331. The lowest BCUT2D eigenvalue weighted by Gasteiger charge is -2.37. The number of rotatable bonds is 5. The highest BCUT2D eigenvalue weighted by atomic mass is 19.1. The summed E-state index contributed by atoms with van der Waals surface area (Å²) in [5, 5.41) is 0. The lowest BCUT2D eigenvalue weighted by molar-refractivity contribution is 0.175. The Morgan fingerprint density at radius 2 is 2.15 bits per heavy atom. The predicted octanol–water partition coefficient (Wildman–Crippen LogP) is 3.56. The molecular formula is C16H25FN2O. The summed E-state index contributed by atoms with van der Waals surface area (Å²) in [6.07, 6.45) is 6.16. The van der Waals surface area contributed by atoms with E-state index in [1.165, 1.54) is 45.3 Å². The van der Waals surface area contributed by atoms with Crippen LogP contribution in [-0.4, -0.2) is 7.11 Å². The number of hydrazine groups is 1. The molecule has 1 fully saturated rings. The first kappa shape index (κ1) is 15.3. The zero-order valence-corrected chi connectivity index (χ0v) is 12.4. The third-order valence-electron chi connectivity index (χ3n) is 4.63. The molecule has 0 saturated heterocycles. The van der Waals surface area contributed by atoms with Gasteiger partial charge in [0.25, 0.3) is 0 Å². The summed E-state index contributed by atoms with van der Waals surface area (Å²) in [5.41, 5.74) is 3.96. The minimum Gasteiger partial charge on any atom is -0.494 e. The molecule has 1 aliphatic carbocycles. The summed E-state index contributed by atoms with van der Waals surface area (Å²) in [5.74, 6) is 6.94. The topological polar surface area (TPSA) is 47.3 Å². The molecule has 3 nitrogen and oxygen atoms in total. The van der Waals surface area contributed by atoms with Gasteiger partial charge in [0.15, 0.2) is 11.6 Å². The Bertz CT molecular complexity index is 438. The molecule has 1 aliphatic rings. The van der Waals surface area contributed by atoms with Crippen molar-refractivity contribution in [1.29, 1.82) is 0 Å². The van der Waals surface area contributed by atoms with Gasteiger partial charge in [-0.2, -0.15) is 0 Å². The van der Waals surface area contributed by atoms with Gasteiger partial charge in [0.1, 0.15) is 0 Å². The molecule has 1 aromatic carbocycles. The smallest absolute Gasteiger partial charge is 0.165 e. The third kappa shape index (κ3) is 3.13. The molecule has 0 spiro atoms. The number of hydrogen-bond donors (Lipinski definition) is 2. The van der Waals surface area contributed by atoms with Gasteiger partial charge in [-0.3, -0.25) is 11.3 Å². The van der Waals surface area contributed by atoms with Crippen LogP contribution in [0.25, 0.3) is 0 Å². The Balaban J connectivity index is 2.26. The Morgan fingerprint density at radius 3 is 2.80 bits per heavy atom. The molecule has 1 saturated carbocycles. The summed E-state index contributed by atoms with van der Waals surface area (Å²) in [7, 11) is 1.49. The Labute approximate surface area is 120 Å². The molecule has 2 rings (SSSR count). The lowest BCUT2D eigenvalue weighted by Crippen LogP contribution is -2.38. The zero-order chi connectivity index (χ0) is 14.5. The van der Waals surface area contributed by atoms with Crippen LogP contribution in [0.2, 0.25) is 0 Å². The van der Waals surface area contributed by atoms with E-state index in [2.05, 4.69) is 12.3 Å². The molecule has 0 bridgehead atoms. The second-order valence-electron chi connectivity index (χ2n) is 5.65. The molecule has 0 heterocycles. The van der Waals surface area contributed by atoms with E-state index in [4.69, 9.17) is 10.6 Å². The molecule has 0 aromatic heterocycles. The number of nitrogens with two attached hydrogens (primary N) is 1. The van der Waals surface area contributed by atoms with Crippen molar-refractivity contribution in [1.82, 2.24) is 5.43 Å². The van der Waals surface area contributed by atoms with E-state index in [1.807, 2.05) is 6.07 Å². The van der Waals surface area contributed by atoms with Crippen LogP contribution in [0.4, 0.5) is 4.39 Å². The number of methoxy groups -OCH3 is 1. The Morgan fingerprint density at radius 1 is 1.40 bits per heavy atom. The molecule has 3 N–H and O–H groups in total. The van der Waals surface area contributed by atoms with E-state index in [-0.39, 0.29) is 17.6 Å². The number of nitrogens with one attached hydrogen (secondary N) is 1. The van der Waals surface area contributed by atoms with Crippen LogP contribution in [0.5, 0.6) is 5.75 Å². The molecule has 112 valence electrons. The minimum absolute atomic E-state index is 0.0646. The first-order valence-electron chi connectivity index (χ1n) is 7.50. The van der Waals surface area contributed by atoms with Crippen molar-refractivity contribution < 1.29 is 9.13 Å². The van der Waals surface area contributed by atoms with Gasteiger partial charge in [-0.15, -0.1) is 0 Å². The van der Waals surface area contributed by atoms with E-state index in [0.29, 0.717) is 11.8 Å². The molecule has 0 radical (unpaired) electrons. The fourth-order valence-corrected chi connectivity index (χ4v) is 3.52. The second kappa shape index (κ2) is 7.04. The van der Waals surface area contributed by atoms with Crippen LogP contribution >= 0.6 is 0 Å². The van der Waals surface area contributed by atoms with Crippen molar-refractivity contribution in [3.63, 3.8) is 0 Å². The van der Waals surface area contributed by atoms with Gasteiger partial charge < -0.3 is 4.74 Å². The van der Waals surface area contributed by atoms with Gasteiger partial charge in [-0.25, -0.2) is 4.39 Å². The van der Waals surface area contributed by atoms with Crippen LogP contribution < -0.4 is 16.0 Å². The van der Waals surface area contributed by atoms with Gasteiger partial charge in [0.2, 0.25) is 0 Å². The molecule has 4 heteroatoms. The maximum atomic E-state index is 13.5. The molecular weight excluding hydrogens is 255 g/mol. The average Bonchev–Trinajstić information content (AvgIpc) is 2.50. The SMILES string of the molecule is CCC1CCCCC1C(NN)c1ccc(F)c(OC)c1. The van der Waals surface area contributed by atoms with Crippen molar-refractivity contribution in [3.8, 4) is 5.75 Å². The molecule has 20 heavy (non-hydrogen) atoms. The van der Waals surface area contributed by atoms with Gasteiger partial charge in [0, 0.05) is 6.04 Å². The number of benzene rings is 1. The summed E-state index contributed by atoms with van der Waals surface area (Å²) in [4.78, 5) is 0. The molecule has 0 amide bonds. The maximum absolute atomic E-state index is 13.5. The summed E-state index contributed by atoms with van der Waals surface area (Å²) < 4.78 is 18.6. The zero-order valence-electron chi connectivity index (χ0n) is 12.4. The number of hydrogen-bond acceptors (Lipinski definition) is 3. The Hall–Kier alpha value is -1.13. The van der Waals surface area contributed by atoms with Crippen LogP contribution in [0.15, 0.2) is 18.2 Å². The molecule has 1 aromatic rings. The van der Waals surface area contributed by atoms with Crippen molar-refractivity contribution >= 4 is 0 Å². The van der Waals surface area contributed by atoms with Crippen LogP contribution in [0, 0.1) is 17.7 Å². The van der Waals surface area contributed by atoms with Gasteiger partial charge in [0.05, 0.1) is 7.11 Å². The highest BCUT2D eigenvalue weighted by molar-refractivity contribution is 5.32. The van der Waals surface area contributed by atoms with Crippen molar-refractivity contribution in [2.75, 3.05) is 7.11 Å². The van der Waals surface area contributed by atoms with Crippen molar-refractivity contribution in [2.45, 2.75) is 45.1 Å². The number of ether oxygens (including phenoxy) is 1. The van der Waals surface area contributed by atoms with E-state index in [9.17, 15) is 4.39 Å². The van der Waals surface area contributed by atoms with Gasteiger partial charge >= 0.3 is 0 Å². The molecule has 3 unspecified atom stereocenters. The lowest BCUT2D eigenvalue weighted by atomic mass is 9.72. The normalized spacial score (nSPS) is 24.4. The van der Waals surface area contributed by atoms with E-state index in [1.54, 1.807) is 6.07 Å². The second-order valence-corrected chi connectivity index (χ2v) is 5.65. The van der Waals surface area contributed by atoms with Crippen molar-refractivity contribution in [3.05, 3.63) is 29.6 Å². The van der Waals surface area contributed by atoms with Crippen LogP contribution in [0.1, 0.15) is 50.6 Å². The van der Waals surface area contributed by atoms with Crippen LogP contribution in [-0.2, 0) is 0 Å². The van der Waals surface area contributed by atoms with Gasteiger partial charge in [-0.05, 0) is 36.0 Å². The van der Waals surface area contributed by atoms with Gasteiger partial charge in [-0.1, -0.05) is 38.7 Å². The highest BCUT2D eigenvalue weighted by Gasteiger charge is 2.31. The largest absolute Gasteiger partial charge is 0.494 e. The maximum Gasteiger partial charge on any atom is 0.165 e. The summed E-state index contributed by atoms with van der Waals surface area (Å²) in [6, 6.07) is 5.10. The third-order valence-corrected chi connectivity index (χ3v) is 4.63. The van der Waals surface area contributed by atoms with E-state index < -0.39 is 0 Å². The predicted molar refractivity (Wildman–Crippen MR) is 78.8 cm³/mol. The molecule has 0 aliphatic heterocycles. The monoisotopic (exact) mass is 280 g/mol. The van der Waals surface area contributed by atoms with E-state index in [0.717, 1.165) is 5.56 Å². The van der Waals surface area contributed by atoms with Crippen LogP contribution in [0.3, 0.4) is 0 Å². The first-order valence-corrected chi connectivity index (χ1v) is 7.50.